The number of ketones is 2. The quantitative estimate of drug-likeness (QED) is 0.0265. The van der Waals surface area contributed by atoms with Crippen LogP contribution in [0.25, 0.3) is 22.3 Å². The van der Waals surface area contributed by atoms with E-state index in [1.165, 1.54) is 24.8 Å². The average molecular weight is 1360 g/mol. The van der Waals surface area contributed by atoms with Gasteiger partial charge in [-0.1, -0.05) is 27.7 Å². The van der Waals surface area contributed by atoms with Gasteiger partial charge in [0.1, 0.15) is 23.1 Å². The summed E-state index contributed by atoms with van der Waals surface area (Å²) < 4.78 is 124. The van der Waals surface area contributed by atoms with Crippen molar-refractivity contribution in [3.05, 3.63) is 172 Å². The van der Waals surface area contributed by atoms with Crippen LogP contribution in [0.4, 0.5) is 30.7 Å². The SMILES string of the molecule is CCOC(=O)C[C@H](CC(=O)C(CC(C)C)n1cc(CCN(C)C)c(C)c(F)c1=O)c1cc(-c2c(C)cc(OC)cc2C)cc(C)c1F.COc1cc(C)c(-c2cc([C@H](CC(=O)O)CC(=O)C(CC(C)C)n3cc(CCN(C)C)c(C)c(F)c3=O)c(F)c(C(F)(F)F)c2)c(C)c1.[Li+].[OH-]. The molecule has 15 nitrogen and oxygen atoms in total. The van der Waals surface area contributed by atoms with Gasteiger partial charge in [-0.3, -0.25) is 28.8 Å². The summed E-state index contributed by atoms with van der Waals surface area (Å²) in [5, 5.41) is 9.78. The van der Waals surface area contributed by atoms with Crippen molar-refractivity contribution in [2.24, 2.45) is 11.8 Å². The fraction of sp³-hybridized carbons (Fsp3) is 0.486. The van der Waals surface area contributed by atoms with Gasteiger partial charge in [-0.05, 0) is 253 Å². The molecule has 0 aliphatic heterocycles. The number of aryl methyl sites for hydroxylation is 5. The van der Waals surface area contributed by atoms with Crippen molar-refractivity contribution >= 4 is 23.5 Å². The van der Waals surface area contributed by atoms with Gasteiger partial charge < -0.3 is 43.7 Å². The Bertz CT molecular complexity index is 3850. The predicted octanol–water partition coefficient (Wildman–Crippen LogP) is 11.9. The molecule has 0 saturated carbocycles. The molecule has 0 fully saturated rings. The van der Waals surface area contributed by atoms with Crippen molar-refractivity contribution in [2.75, 3.05) is 62.1 Å². The van der Waals surface area contributed by atoms with E-state index in [-0.39, 0.29) is 96.5 Å². The van der Waals surface area contributed by atoms with Gasteiger partial charge in [0.05, 0.1) is 51.3 Å². The third-order valence-electron chi connectivity index (χ3n) is 17.2. The minimum absolute atomic E-state index is 0. The van der Waals surface area contributed by atoms with Crippen LogP contribution in [0.2, 0.25) is 0 Å². The number of Topliss-reactive ketones (excluding diaryl/α,β-unsaturated/α-hetero) is 2. The summed E-state index contributed by atoms with van der Waals surface area (Å²) >= 11 is 0. The van der Waals surface area contributed by atoms with Crippen molar-refractivity contribution in [3.63, 3.8) is 0 Å². The van der Waals surface area contributed by atoms with Crippen LogP contribution < -0.4 is 39.5 Å². The molecule has 6 rings (SSSR count). The number of hydrogen-bond donors (Lipinski definition) is 1. The van der Waals surface area contributed by atoms with E-state index < -0.39 is 106 Å². The first kappa shape index (κ1) is 83.9. The molecule has 4 atom stereocenters. The number of carbonyl (C=O) groups is 4. The number of aromatic nitrogens is 2. The predicted molar refractivity (Wildman–Crippen MR) is 358 cm³/mol. The van der Waals surface area contributed by atoms with Gasteiger partial charge >= 0.3 is 37.0 Å². The topological polar surface area (TPSA) is 197 Å². The Morgan fingerprint density at radius 1 is 0.546 bits per heavy atom. The number of likely N-dealkylation sites (N-methyl/N-ethyl adjacent to an activating group) is 2. The summed E-state index contributed by atoms with van der Waals surface area (Å²) in [7, 11) is 10.5. The van der Waals surface area contributed by atoms with Gasteiger partial charge in [-0.25, -0.2) is 17.6 Å². The second-order valence-electron chi connectivity index (χ2n) is 26.2. The zero-order valence-corrected chi connectivity index (χ0v) is 59.5. The minimum Gasteiger partial charge on any atom is -0.870 e. The largest absolute Gasteiger partial charge is 1.00 e. The first-order valence-corrected chi connectivity index (χ1v) is 31.9. The molecule has 6 aromatic rings. The molecule has 0 radical (unpaired) electrons. The second kappa shape index (κ2) is 36.5. The molecule has 4 aromatic carbocycles. The van der Waals surface area contributed by atoms with Crippen LogP contribution in [0.15, 0.2) is 70.5 Å². The molecule has 0 spiro atoms. The maximum atomic E-state index is 16.1. The number of aliphatic carboxylic acids is 1. The fourth-order valence-electron chi connectivity index (χ4n) is 12.3. The second-order valence-corrected chi connectivity index (χ2v) is 26.2. The number of esters is 1. The first-order valence-electron chi connectivity index (χ1n) is 31.9. The first-order chi connectivity index (χ1) is 44.3. The summed E-state index contributed by atoms with van der Waals surface area (Å²) in [4.78, 5) is 83.6. The van der Waals surface area contributed by atoms with Crippen LogP contribution in [0, 0.1) is 83.6 Å². The van der Waals surface area contributed by atoms with E-state index in [1.807, 2.05) is 77.8 Å². The zero-order valence-electron chi connectivity index (χ0n) is 59.5. The van der Waals surface area contributed by atoms with E-state index in [4.69, 9.17) is 14.2 Å². The Labute approximate surface area is 577 Å². The molecule has 526 valence electrons. The molecule has 2 aromatic heterocycles. The Hall–Kier alpha value is -7.35. The smallest absolute Gasteiger partial charge is 0.870 e. The summed E-state index contributed by atoms with van der Waals surface area (Å²) in [6, 6.07) is 10.0. The molecular weight excluding hydrogens is 1260 g/mol. The third-order valence-corrected chi connectivity index (χ3v) is 17.2. The Balaban J connectivity index is 0.000000495. The Morgan fingerprint density at radius 3 is 1.26 bits per heavy atom. The molecule has 0 amide bonds. The number of alkyl halides is 3. The van der Waals surface area contributed by atoms with E-state index in [0.29, 0.717) is 76.9 Å². The summed E-state index contributed by atoms with van der Waals surface area (Å²) in [6.07, 6.45) is -3.02. The van der Waals surface area contributed by atoms with Crippen LogP contribution in [-0.2, 0) is 42.9 Å². The molecule has 0 aliphatic rings. The average Bonchev–Trinajstić information content (AvgIpc) is 0.793. The van der Waals surface area contributed by atoms with Crippen LogP contribution in [-0.4, -0.2) is 115 Å². The number of rotatable bonds is 29. The van der Waals surface area contributed by atoms with Crippen molar-refractivity contribution in [2.45, 2.75) is 165 Å². The summed E-state index contributed by atoms with van der Waals surface area (Å²) in [6.45, 7) is 22.3. The van der Waals surface area contributed by atoms with Crippen molar-refractivity contribution in [1.82, 2.24) is 18.9 Å². The van der Waals surface area contributed by atoms with Crippen LogP contribution in [0.5, 0.6) is 11.5 Å². The number of benzene rings is 4. The number of methoxy groups -OCH3 is 2. The van der Waals surface area contributed by atoms with Crippen molar-refractivity contribution in [1.29, 1.82) is 0 Å². The van der Waals surface area contributed by atoms with Crippen LogP contribution >= 0.6 is 0 Å². The van der Waals surface area contributed by atoms with E-state index in [1.54, 1.807) is 86.0 Å². The maximum Gasteiger partial charge on any atom is 1.00 e. The molecule has 0 saturated heterocycles. The maximum absolute atomic E-state index is 16.1. The normalized spacial score (nSPS) is 12.8. The van der Waals surface area contributed by atoms with Gasteiger partial charge in [-0.2, -0.15) is 13.2 Å². The number of hydrogen-bond acceptors (Lipinski definition) is 12. The van der Waals surface area contributed by atoms with Crippen LogP contribution in [0.1, 0.15) is 164 Å². The third kappa shape index (κ3) is 21.6. The van der Waals surface area contributed by atoms with Gasteiger partial charge in [-0.15, -0.1) is 0 Å². The number of halogens is 7. The van der Waals surface area contributed by atoms with Crippen molar-refractivity contribution in [3.8, 4) is 33.8 Å². The fourth-order valence-corrected chi connectivity index (χ4v) is 12.3. The summed E-state index contributed by atoms with van der Waals surface area (Å²) in [5.74, 6) is -8.71. The van der Waals surface area contributed by atoms with Gasteiger partial charge in [0.15, 0.2) is 23.2 Å². The number of ether oxygens (including phenoxy) is 3. The van der Waals surface area contributed by atoms with Crippen LogP contribution in [0.3, 0.4) is 0 Å². The van der Waals surface area contributed by atoms with E-state index in [9.17, 15) is 47.0 Å². The monoisotopic (exact) mass is 1350 g/mol. The van der Waals surface area contributed by atoms with E-state index in [0.717, 1.165) is 32.9 Å². The number of nitrogens with zero attached hydrogens (tertiary/aromatic N) is 4. The Morgan fingerprint density at radius 2 is 0.918 bits per heavy atom. The number of pyridine rings is 2. The standard InChI is InChI=1S/C38H50F2N2O5.C36H43F5N2O5.Li.H2O/c1-11-47-34(44)20-28(31-18-29(15-25(6)36(31)39)35-23(4)16-30(46-10)17-24(35)5)19-33(43)32(14-22(2)3)42-21-27(12-13-41(8)9)26(7)37(40)38(42)45;1-19(2)11-29(43-18-23(9-10-42(6)7)22(5)33(37)35(43)47)30(44)16-24(17-31(45)46)27-14-25(15-28(34(27)38)36(39,40)41)32-20(3)12-26(48-8)13-21(32)4;;/h15-18,21-22,28,32H,11-14,19-20H2,1-10H3;12-15,18-19,24,29H,9-11,16-17H2,1-8H3,(H,45,46);;1H2/q;;+1;/p-1/t28-,32?;24-,29?;;/m00../s1. The van der Waals surface area contributed by atoms with E-state index in [2.05, 4.69) is 0 Å². The molecule has 2 heterocycles. The zero-order chi connectivity index (χ0) is 71.4. The van der Waals surface area contributed by atoms with Gasteiger partial charge in [0.25, 0.3) is 11.1 Å². The minimum atomic E-state index is -5.14. The molecule has 97 heavy (non-hydrogen) atoms. The Kier molecular flexibility index (Phi) is 31.5. The molecule has 0 bridgehead atoms. The van der Waals surface area contributed by atoms with Crippen molar-refractivity contribution < 1.29 is 93.6 Å². The van der Waals surface area contributed by atoms with Gasteiger partial charge in [0, 0.05) is 50.2 Å². The molecular formula is C74H94F7LiN4O11. The number of carboxylic acids is 1. The van der Waals surface area contributed by atoms with Gasteiger partial charge in [0.2, 0.25) is 0 Å². The molecule has 2 N–H and O–H groups in total. The molecule has 23 heteroatoms. The molecule has 2 unspecified atom stereocenters. The van der Waals surface area contributed by atoms with E-state index >= 15 is 17.6 Å². The summed E-state index contributed by atoms with van der Waals surface area (Å²) in [5.41, 5.74) is 2.94. The number of carbonyl (C=O) groups excluding carboxylic acids is 3. The number of carboxylic acid groups (broad SMARTS) is 1. The molecule has 0 aliphatic carbocycles.